The smallest absolute Gasteiger partial charge is 0.126 e. The molecule has 0 saturated carbocycles. The molecule has 0 radical (unpaired) electrons. The summed E-state index contributed by atoms with van der Waals surface area (Å²) in [5.74, 6) is -1.04. The van der Waals surface area contributed by atoms with Crippen molar-refractivity contribution in [3.05, 3.63) is 71.3 Å². The molecule has 1 atom stereocenters. The molecule has 1 unspecified atom stereocenters. The van der Waals surface area contributed by atoms with Gasteiger partial charge in [0, 0.05) is 12.1 Å². The minimum atomic E-state index is -0.518. The maximum Gasteiger partial charge on any atom is 0.126 e. The van der Waals surface area contributed by atoms with Crippen molar-refractivity contribution in [1.82, 2.24) is 5.32 Å². The summed E-state index contributed by atoms with van der Waals surface area (Å²) in [4.78, 5) is 0. The predicted molar refractivity (Wildman–Crippen MR) is 72.9 cm³/mol. The third-order valence-electron chi connectivity index (χ3n) is 3.19. The molecule has 0 bridgehead atoms. The van der Waals surface area contributed by atoms with Crippen molar-refractivity contribution in [3.8, 4) is 0 Å². The molecule has 1 nitrogen and oxygen atoms in total. The highest BCUT2D eigenvalue weighted by Gasteiger charge is 2.09. The zero-order valence-corrected chi connectivity index (χ0v) is 10.9. The molecule has 0 aliphatic carbocycles. The zero-order valence-electron chi connectivity index (χ0n) is 10.9. The van der Waals surface area contributed by atoms with E-state index in [-0.39, 0.29) is 6.04 Å². The lowest BCUT2D eigenvalue weighted by atomic mass is 9.99. The summed E-state index contributed by atoms with van der Waals surface area (Å²) in [7, 11) is 1.89. The molecule has 2 aromatic rings. The van der Waals surface area contributed by atoms with Crippen LogP contribution in [0.4, 0.5) is 8.78 Å². The van der Waals surface area contributed by atoms with E-state index >= 15 is 0 Å². The predicted octanol–water partition coefficient (Wildman–Crippen LogP) is 3.86. The number of aryl methyl sites for hydroxylation is 1. The first-order valence-electron chi connectivity index (χ1n) is 6.36. The van der Waals surface area contributed by atoms with E-state index in [9.17, 15) is 8.78 Å². The summed E-state index contributed by atoms with van der Waals surface area (Å²) in [6, 6.07) is 13.9. The second-order valence-electron chi connectivity index (χ2n) is 4.57. The molecule has 100 valence electrons. The SMILES string of the molecule is CNC(CCc1cc(F)cc(F)c1)c1ccccc1. The Morgan fingerprint density at radius 3 is 2.21 bits per heavy atom. The van der Waals surface area contributed by atoms with Gasteiger partial charge in [0.15, 0.2) is 0 Å². The molecule has 0 heterocycles. The lowest BCUT2D eigenvalue weighted by Gasteiger charge is -2.16. The normalized spacial score (nSPS) is 12.4. The molecule has 0 aliphatic rings. The summed E-state index contributed by atoms with van der Waals surface area (Å²) in [6.07, 6.45) is 1.43. The molecular formula is C16H17F2N. The lowest BCUT2D eigenvalue weighted by molar-refractivity contribution is 0.542. The highest BCUT2D eigenvalue weighted by molar-refractivity contribution is 5.21. The van der Waals surface area contributed by atoms with Gasteiger partial charge in [0.25, 0.3) is 0 Å². The van der Waals surface area contributed by atoms with Crippen LogP contribution in [0.15, 0.2) is 48.5 Å². The van der Waals surface area contributed by atoms with E-state index in [0.29, 0.717) is 12.0 Å². The summed E-state index contributed by atoms with van der Waals surface area (Å²) in [6.45, 7) is 0. The van der Waals surface area contributed by atoms with Crippen molar-refractivity contribution in [1.29, 1.82) is 0 Å². The monoisotopic (exact) mass is 261 g/mol. The molecule has 19 heavy (non-hydrogen) atoms. The number of benzene rings is 2. The fraction of sp³-hybridized carbons (Fsp3) is 0.250. The van der Waals surface area contributed by atoms with Crippen molar-refractivity contribution in [2.24, 2.45) is 0 Å². The minimum absolute atomic E-state index is 0.188. The van der Waals surface area contributed by atoms with Crippen LogP contribution in [0.1, 0.15) is 23.6 Å². The maximum atomic E-state index is 13.1. The van der Waals surface area contributed by atoms with E-state index in [0.717, 1.165) is 12.5 Å². The number of halogens is 2. The van der Waals surface area contributed by atoms with Gasteiger partial charge in [-0.3, -0.25) is 0 Å². The average molecular weight is 261 g/mol. The molecular weight excluding hydrogens is 244 g/mol. The zero-order chi connectivity index (χ0) is 13.7. The topological polar surface area (TPSA) is 12.0 Å². The van der Waals surface area contributed by atoms with Gasteiger partial charge in [0.05, 0.1) is 0 Å². The molecule has 0 fully saturated rings. The molecule has 0 amide bonds. The van der Waals surface area contributed by atoms with Crippen LogP contribution < -0.4 is 5.32 Å². The van der Waals surface area contributed by atoms with E-state index in [1.807, 2.05) is 37.4 Å². The third-order valence-corrected chi connectivity index (χ3v) is 3.19. The Morgan fingerprint density at radius 2 is 1.63 bits per heavy atom. The van der Waals surface area contributed by atoms with Crippen molar-refractivity contribution in [3.63, 3.8) is 0 Å². The first kappa shape index (κ1) is 13.7. The van der Waals surface area contributed by atoms with Gasteiger partial charge in [-0.2, -0.15) is 0 Å². The van der Waals surface area contributed by atoms with E-state index < -0.39 is 11.6 Å². The Kier molecular flexibility index (Phi) is 4.63. The fourth-order valence-corrected chi connectivity index (χ4v) is 2.23. The maximum absolute atomic E-state index is 13.1. The van der Waals surface area contributed by atoms with Crippen LogP contribution in [0.5, 0.6) is 0 Å². The molecule has 0 aromatic heterocycles. The average Bonchev–Trinajstić information content (AvgIpc) is 2.39. The van der Waals surface area contributed by atoms with Gasteiger partial charge >= 0.3 is 0 Å². The highest BCUT2D eigenvalue weighted by atomic mass is 19.1. The van der Waals surface area contributed by atoms with Crippen molar-refractivity contribution in [2.45, 2.75) is 18.9 Å². The van der Waals surface area contributed by atoms with Crippen LogP contribution in [-0.2, 0) is 6.42 Å². The number of rotatable bonds is 5. The van der Waals surface area contributed by atoms with E-state index in [4.69, 9.17) is 0 Å². The molecule has 2 rings (SSSR count). The quantitative estimate of drug-likeness (QED) is 0.861. The van der Waals surface area contributed by atoms with Crippen molar-refractivity contribution >= 4 is 0 Å². The van der Waals surface area contributed by atoms with Gasteiger partial charge in [-0.15, -0.1) is 0 Å². The molecule has 2 aromatic carbocycles. The Morgan fingerprint density at radius 1 is 1.00 bits per heavy atom. The standard InChI is InChI=1S/C16H17F2N/c1-19-16(13-5-3-2-4-6-13)8-7-12-9-14(17)11-15(18)10-12/h2-6,9-11,16,19H,7-8H2,1H3. The molecule has 1 N–H and O–H groups in total. The Balaban J connectivity index is 2.04. The van der Waals surface area contributed by atoms with Gasteiger partial charge in [0.1, 0.15) is 11.6 Å². The Labute approximate surface area is 112 Å². The summed E-state index contributed by atoms with van der Waals surface area (Å²) >= 11 is 0. The molecule has 3 heteroatoms. The summed E-state index contributed by atoms with van der Waals surface area (Å²) < 4.78 is 26.2. The van der Waals surface area contributed by atoms with Crippen LogP contribution in [-0.4, -0.2) is 7.05 Å². The number of hydrogen-bond acceptors (Lipinski definition) is 1. The van der Waals surface area contributed by atoms with Crippen LogP contribution in [0, 0.1) is 11.6 Å². The van der Waals surface area contributed by atoms with E-state index in [1.165, 1.54) is 17.7 Å². The largest absolute Gasteiger partial charge is 0.313 e. The van der Waals surface area contributed by atoms with Gasteiger partial charge in [-0.05, 0) is 43.1 Å². The Hall–Kier alpha value is -1.74. The van der Waals surface area contributed by atoms with Crippen LogP contribution in [0.25, 0.3) is 0 Å². The lowest BCUT2D eigenvalue weighted by Crippen LogP contribution is -2.17. The molecule has 0 aliphatic heterocycles. The fourth-order valence-electron chi connectivity index (χ4n) is 2.23. The summed E-state index contributed by atoms with van der Waals surface area (Å²) in [5, 5.41) is 3.23. The van der Waals surface area contributed by atoms with E-state index in [1.54, 1.807) is 0 Å². The second-order valence-corrected chi connectivity index (χ2v) is 4.57. The van der Waals surface area contributed by atoms with Crippen LogP contribution in [0.3, 0.4) is 0 Å². The third kappa shape index (κ3) is 3.86. The molecule has 0 saturated heterocycles. The summed E-state index contributed by atoms with van der Waals surface area (Å²) in [5.41, 5.74) is 1.87. The number of hydrogen-bond donors (Lipinski definition) is 1. The Bertz CT molecular complexity index is 505. The van der Waals surface area contributed by atoms with E-state index in [2.05, 4.69) is 5.32 Å². The number of nitrogens with one attached hydrogen (secondary N) is 1. The van der Waals surface area contributed by atoms with Gasteiger partial charge in [0.2, 0.25) is 0 Å². The molecule has 0 spiro atoms. The van der Waals surface area contributed by atoms with Crippen LogP contribution >= 0.6 is 0 Å². The second kappa shape index (κ2) is 6.43. The van der Waals surface area contributed by atoms with Gasteiger partial charge < -0.3 is 5.32 Å². The minimum Gasteiger partial charge on any atom is -0.313 e. The van der Waals surface area contributed by atoms with Gasteiger partial charge in [-0.1, -0.05) is 30.3 Å². The van der Waals surface area contributed by atoms with Crippen LogP contribution in [0.2, 0.25) is 0 Å². The first-order valence-corrected chi connectivity index (χ1v) is 6.36. The van der Waals surface area contributed by atoms with Gasteiger partial charge in [-0.25, -0.2) is 8.78 Å². The van der Waals surface area contributed by atoms with Crippen molar-refractivity contribution in [2.75, 3.05) is 7.05 Å². The first-order chi connectivity index (χ1) is 9.19. The highest BCUT2D eigenvalue weighted by Crippen LogP contribution is 2.19. The van der Waals surface area contributed by atoms with Crippen molar-refractivity contribution < 1.29 is 8.78 Å².